The molecule has 0 bridgehead atoms. The number of nitrogens with zero attached hydrogens (tertiary/aromatic N) is 2. The van der Waals surface area contributed by atoms with Crippen LogP contribution in [0.2, 0.25) is 0 Å². The zero-order valence-corrected chi connectivity index (χ0v) is 13.1. The van der Waals surface area contributed by atoms with Gasteiger partial charge in [-0.25, -0.2) is 0 Å². The Kier molecular flexibility index (Phi) is 5.73. The first-order valence-electron chi connectivity index (χ1n) is 7.35. The van der Waals surface area contributed by atoms with Crippen molar-refractivity contribution in [1.29, 1.82) is 5.26 Å². The number of carbonyl (C=O) groups is 2. The van der Waals surface area contributed by atoms with Crippen molar-refractivity contribution in [2.75, 3.05) is 13.1 Å². The molecule has 0 aromatic rings. The number of rotatable bonds is 5. The Morgan fingerprint density at radius 2 is 1.71 bits per heavy atom. The number of nitrogens with two attached hydrogens (primary N) is 2. The maximum atomic E-state index is 11.3. The molecule has 4 N–H and O–H groups in total. The van der Waals surface area contributed by atoms with E-state index in [1.807, 2.05) is 0 Å². The van der Waals surface area contributed by atoms with Gasteiger partial charge in [0.25, 0.3) is 0 Å². The highest BCUT2D eigenvalue weighted by molar-refractivity contribution is 5.79. The lowest BCUT2D eigenvalue weighted by atomic mass is 9.68. The van der Waals surface area contributed by atoms with E-state index in [4.69, 9.17) is 11.5 Å². The average Bonchev–Trinajstić information content (AvgIpc) is 2.35. The summed E-state index contributed by atoms with van der Waals surface area (Å²) in [6.45, 7) is 6.45. The van der Waals surface area contributed by atoms with Crippen molar-refractivity contribution in [2.24, 2.45) is 28.7 Å². The molecule has 1 fully saturated rings. The Balaban J connectivity index is 2.96. The van der Waals surface area contributed by atoms with Crippen molar-refractivity contribution in [2.45, 2.75) is 46.1 Å². The van der Waals surface area contributed by atoms with Gasteiger partial charge in [-0.2, -0.15) is 5.26 Å². The molecule has 1 rings (SSSR count). The summed E-state index contributed by atoms with van der Waals surface area (Å²) in [5.41, 5.74) is 10.7. The first kappa shape index (κ1) is 17.4. The molecular formula is C15H26N4O2. The van der Waals surface area contributed by atoms with E-state index >= 15 is 0 Å². The van der Waals surface area contributed by atoms with E-state index in [0.29, 0.717) is 5.92 Å². The summed E-state index contributed by atoms with van der Waals surface area (Å²) in [4.78, 5) is 24.2. The zero-order chi connectivity index (χ0) is 16.2. The van der Waals surface area contributed by atoms with E-state index in [1.54, 1.807) is 4.90 Å². The average molecular weight is 294 g/mol. The normalized spacial score (nSPS) is 26.3. The second kappa shape index (κ2) is 6.90. The number of nitriles is 1. The second-order valence-electron chi connectivity index (χ2n) is 7.02. The van der Waals surface area contributed by atoms with Crippen molar-refractivity contribution in [3.63, 3.8) is 0 Å². The lowest BCUT2D eigenvalue weighted by molar-refractivity contribution is -0.123. The van der Waals surface area contributed by atoms with Crippen molar-refractivity contribution in [3.05, 3.63) is 0 Å². The van der Waals surface area contributed by atoms with E-state index in [1.165, 1.54) is 0 Å². The van der Waals surface area contributed by atoms with Gasteiger partial charge < -0.3 is 11.5 Å². The summed E-state index contributed by atoms with van der Waals surface area (Å²) in [5.74, 6) is -0.769. The molecule has 3 atom stereocenters. The molecular weight excluding hydrogens is 268 g/mol. The van der Waals surface area contributed by atoms with Crippen LogP contribution in [0.3, 0.4) is 0 Å². The van der Waals surface area contributed by atoms with Crippen LogP contribution >= 0.6 is 0 Å². The highest BCUT2D eigenvalue weighted by Gasteiger charge is 2.39. The summed E-state index contributed by atoms with van der Waals surface area (Å²) in [5, 5.41) is 9.36. The molecule has 2 amide bonds. The molecule has 0 heterocycles. The van der Waals surface area contributed by atoms with Gasteiger partial charge in [-0.05, 0) is 30.6 Å². The molecule has 0 spiro atoms. The van der Waals surface area contributed by atoms with Gasteiger partial charge >= 0.3 is 0 Å². The maximum Gasteiger partial charge on any atom is 0.231 e. The monoisotopic (exact) mass is 294 g/mol. The number of hydrogen-bond acceptors (Lipinski definition) is 4. The van der Waals surface area contributed by atoms with Gasteiger partial charge in [0.2, 0.25) is 11.8 Å². The van der Waals surface area contributed by atoms with Gasteiger partial charge in [0.15, 0.2) is 0 Å². The van der Waals surface area contributed by atoms with E-state index < -0.39 is 11.8 Å². The van der Waals surface area contributed by atoms with E-state index in [0.717, 1.165) is 19.3 Å². The fourth-order valence-electron chi connectivity index (χ4n) is 3.18. The molecule has 6 nitrogen and oxygen atoms in total. The van der Waals surface area contributed by atoms with Gasteiger partial charge in [-0.15, -0.1) is 0 Å². The molecule has 1 aliphatic rings. The van der Waals surface area contributed by atoms with Gasteiger partial charge in [-0.3, -0.25) is 14.5 Å². The molecule has 1 aliphatic carbocycles. The zero-order valence-electron chi connectivity index (χ0n) is 13.1. The molecule has 0 aromatic heterocycles. The van der Waals surface area contributed by atoms with Crippen LogP contribution in [0, 0.1) is 28.6 Å². The number of primary amides is 2. The third kappa shape index (κ3) is 5.01. The van der Waals surface area contributed by atoms with Crippen LogP contribution in [0.1, 0.15) is 40.0 Å². The van der Waals surface area contributed by atoms with E-state index in [-0.39, 0.29) is 30.5 Å². The predicted octanol–water partition coefficient (Wildman–Crippen LogP) is 0.614. The van der Waals surface area contributed by atoms with Crippen LogP contribution in [0.5, 0.6) is 0 Å². The minimum Gasteiger partial charge on any atom is -0.369 e. The van der Waals surface area contributed by atoms with Crippen LogP contribution < -0.4 is 11.5 Å². The van der Waals surface area contributed by atoms with Gasteiger partial charge in [0.1, 0.15) is 0 Å². The van der Waals surface area contributed by atoms with Crippen molar-refractivity contribution in [3.8, 4) is 6.07 Å². The molecule has 0 saturated heterocycles. The number of hydrogen-bond donors (Lipinski definition) is 2. The molecule has 0 aliphatic heterocycles. The van der Waals surface area contributed by atoms with Crippen LogP contribution in [-0.4, -0.2) is 35.8 Å². The van der Waals surface area contributed by atoms with Crippen LogP contribution in [0.25, 0.3) is 0 Å². The Bertz CT molecular complexity index is 420. The molecule has 118 valence electrons. The summed E-state index contributed by atoms with van der Waals surface area (Å²) < 4.78 is 0. The number of carbonyl (C=O) groups excluding carboxylic acids is 2. The summed E-state index contributed by atoms with van der Waals surface area (Å²) in [6.07, 6.45) is 2.54. The quantitative estimate of drug-likeness (QED) is 0.773. The Hall–Kier alpha value is -1.61. The SMILES string of the molecule is CC(C)(C)C1CCC(C#N)C(N(CC(N)=O)CC(N)=O)C1. The molecule has 6 heteroatoms. The minimum atomic E-state index is -0.508. The Morgan fingerprint density at radius 3 is 2.10 bits per heavy atom. The fraction of sp³-hybridized carbons (Fsp3) is 0.800. The predicted molar refractivity (Wildman–Crippen MR) is 79.6 cm³/mol. The Morgan fingerprint density at radius 1 is 1.19 bits per heavy atom. The van der Waals surface area contributed by atoms with Crippen LogP contribution in [0.15, 0.2) is 0 Å². The molecule has 21 heavy (non-hydrogen) atoms. The van der Waals surface area contributed by atoms with E-state index in [2.05, 4.69) is 26.8 Å². The molecule has 0 aromatic carbocycles. The van der Waals surface area contributed by atoms with Gasteiger partial charge in [0.05, 0.1) is 25.1 Å². The van der Waals surface area contributed by atoms with Crippen molar-refractivity contribution in [1.82, 2.24) is 4.90 Å². The van der Waals surface area contributed by atoms with Crippen LogP contribution in [0.4, 0.5) is 0 Å². The lowest BCUT2D eigenvalue weighted by Crippen LogP contribution is -2.51. The van der Waals surface area contributed by atoms with E-state index in [9.17, 15) is 14.9 Å². The first-order valence-corrected chi connectivity index (χ1v) is 7.35. The van der Waals surface area contributed by atoms with Crippen molar-refractivity contribution >= 4 is 11.8 Å². The molecule has 3 unspecified atom stereocenters. The fourth-order valence-corrected chi connectivity index (χ4v) is 3.18. The summed E-state index contributed by atoms with van der Waals surface area (Å²) in [7, 11) is 0. The second-order valence-corrected chi connectivity index (χ2v) is 7.02. The summed E-state index contributed by atoms with van der Waals surface area (Å²) >= 11 is 0. The number of amides is 2. The highest BCUT2D eigenvalue weighted by Crippen LogP contribution is 2.41. The van der Waals surface area contributed by atoms with Crippen LogP contribution in [-0.2, 0) is 9.59 Å². The van der Waals surface area contributed by atoms with Gasteiger partial charge in [-0.1, -0.05) is 20.8 Å². The summed E-state index contributed by atoms with van der Waals surface area (Å²) in [6, 6.07) is 2.16. The minimum absolute atomic E-state index is 0.0390. The molecule has 0 radical (unpaired) electrons. The smallest absolute Gasteiger partial charge is 0.231 e. The lowest BCUT2D eigenvalue weighted by Gasteiger charge is -2.43. The Labute approximate surface area is 126 Å². The first-order chi connectivity index (χ1) is 9.65. The standard InChI is InChI=1S/C15H26N4O2/c1-15(2,3)11-5-4-10(7-16)12(6-11)19(8-13(17)20)9-14(18)21/h10-12H,4-6,8-9H2,1-3H3,(H2,17,20)(H2,18,21). The highest BCUT2D eigenvalue weighted by atomic mass is 16.2. The molecule has 1 saturated carbocycles. The third-order valence-electron chi connectivity index (χ3n) is 4.39. The largest absolute Gasteiger partial charge is 0.369 e. The maximum absolute atomic E-state index is 11.3. The topological polar surface area (TPSA) is 113 Å². The van der Waals surface area contributed by atoms with Crippen molar-refractivity contribution < 1.29 is 9.59 Å². The van der Waals surface area contributed by atoms with Gasteiger partial charge in [0, 0.05) is 6.04 Å². The third-order valence-corrected chi connectivity index (χ3v) is 4.39.